The standard InChI is InChI=1S/C23H39N5O2.HI/c1-4-30-16-8-13-24-23(26-18-22(29)27(2)3)25-17-20-9-11-21(12-10-20)19-28-14-6-5-7-15-28;/h9-12H,4-8,13-19H2,1-3H3,(H2,24,25,26);1H. The van der Waals surface area contributed by atoms with Gasteiger partial charge in [0.25, 0.3) is 0 Å². The maximum Gasteiger partial charge on any atom is 0.241 e. The first-order valence-corrected chi connectivity index (χ1v) is 11.2. The highest BCUT2D eigenvalue weighted by Crippen LogP contribution is 2.14. The maximum absolute atomic E-state index is 11.9. The van der Waals surface area contributed by atoms with E-state index in [-0.39, 0.29) is 36.4 Å². The summed E-state index contributed by atoms with van der Waals surface area (Å²) in [7, 11) is 3.50. The predicted octanol–water partition coefficient (Wildman–Crippen LogP) is 2.84. The van der Waals surface area contributed by atoms with E-state index in [1.807, 2.05) is 6.92 Å². The highest BCUT2D eigenvalue weighted by atomic mass is 127. The van der Waals surface area contributed by atoms with Crippen LogP contribution in [-0.4, -0.2) is 75.2 Å². The molecule has 0 saturated carbocycles. The van der Waals surface area contributed by atoms with Gasteiger partial charge in [-0.25, -0.2) is 4.99 Å². The van der Waals surface area contributed by atoms with Gasteiger partial charge in [-0.05, 0) is 50.4 Å². The van der Waals surface area contributed by atoms with Crippen LogP contribution in [0.5, 0.6) is 0 Å². The van der Waals surface area contributed by atoms with Crippen LogP contribution in [0.15, 0.2) is 29.3 Å². The van der Waals surface area contributed by atoms with Gasteiger partial charge < -0.3 is 20.3 Å². The van der Waals surface area contributed by atoms with Crippen LogP contribution in [0.3, 0.4) is 0 Å². The second kappa shape index (κ2) is 16.3. The number of hydrogen-bond donors (Lipinski definition) is 2. The van der Waals surface area contributed by atoms with Gasteiger partial charge in [0.1, 0.15) is 0 Å². The number of likely N-dealkylation sites (tertiary alicyclic amines) is 1. The molecule has 2 N–H and O–H groups in total. The Bertz CT molecular complexity index is 646. The highest BCUT2D eigenvalue weighted by molar-refractivity contribution is 14.0. The minimum Gasteiger partial charge on any atom is -0.382 e. The Morgan fingerprint density at radius 2 is 1.77 bits per heavy atom. The van der Waals surface area contributed by atoms with E-state index in [0.29, 0.717) is 19.1 Å². The van der Waals surface area contributed by atoms with E-state index in [0.717, 1.165) is 31.7 Å². The van der Waals surface area contributed by atoms with Crippen molar-refractivity contribution in [3.8, 4) is 0 Å². The lowest BCUT2D eigenvalue weighted by molar-refractivity contribution is -0.127. The van der Waals surface area contributed by atoms with Gasteiger partial charge in [0.05, 0.1) is 13.1 Å². The highest BCUT2D eigenvalue weighted by Gasteiger charge is 2.10. The molecule has 1 saturated heterocycles. The van der Waals surface area contributed by atoms with Crippen molar-refractivity contribution in [2.75, 3.05) is 53.5 Å². The SMILES string of the molecule is CCOCCCNC(=NCc1ccc(CN2CCCCC2)cc1)NCC(=O)N(C)C.I. The number of likely N-dealkylation sites (N-methyl/N-ethyl adjacent to an activating group) is 1. The molecule has 1 aliphatic heterocycles. The molecule has 0 bridgehead atoms. The van der Waals surface area contributed by atoms with Crippen LogP contribution in [-0.2, 0) is 22.6 Å². The summed E-state index contributed by atoms with van der Waals surface area (Å²) in [4.78, 5) is 20.7. The van der Waals surface area contributed by atoms with Gasteiger partial charge in [-0.1, -0.05) is 30.7 Å². The monoisotopic (exact) mass is 545 g/mol. The minimum atomic E-state index is 0. The zero-order valence-electron chi connectivity index (χ0n) is 19.4. The third kappa shape index (κ3) is 11.7. The Morgan fingerprint density at radius 1 is 1.10 bits per heavy atom. The van der Waals surface area contributed by atoms with Crippen LogP contribution < -0.4 is 10.6 Å². The molecule has 176 valence electrons. The molecule has 31 heavy (non-hydrogen) atoms. The number of carbonyl (C=O) groups excluding carboxylic acids is 1. The fourth-order valence-electron chi connectivity index (χ4n) is 3.31. The quantitative estimate of drug-likeness (QED) is 0.194. The Balaban J connectivity index is 0.00000480. The lowest BCUT2D eigenvalue weighted by Crippen LogP contribution is -2.43. The summed E-state index contributed by atoms with van der Waals surface area (Å²) in [6, 6.07) is 8.72. The molecular formula is C23H40IN5O2. The molecule has 1 heterocycles. The molecule has 0 atom stereocenters. The van der Waals surface area contributed by atoms with Crippen molar-refractivity contribution in [3.05, 3.63) is 35.4 Å². The van der Waals surface area contributed by atoms with Gasteiger partial charge >= 0.3 is 0 Å². The molecule has 8 heteroatoms. The molecule has 1 fully saturated rings. The van der Waals surface area contributed by atoms with E-state index in [1.165, 1.54) is 37.9 Å². The summed E-state index contributed by atoms with van der Waals surface area (Å²) in [5.41, 5.74) is 2.51. The largest absolute Gasteiger partial charge is 0.382 e. The van der Waals surface area contributed by atoms with E-state index < -0.39 is 0 Å². The van der Waals surface area contributed by atoms with Crippen molar-refractivity contribution in [2.24, 2.45) is 4.99 Å². The van der Waals surface area contributed by atoms with Crippen molar-refractivity contribution >= 4 is 35.8 Å². The van der Waals surface area contributed by atoms with Crippen LogP contribution >= 0.6 is 24.0 Å². The molecule has 0 spiro atoms. The van der Waals surface area contributed by atoms with Crippen molar-refractivity contribution in [1.82, 2.24) is 20.4 Å². The van der Waals surface area contributed by atoms with Crippen LogP contribution in [0.25, 0.3) is 0 Å². The molecule has 0 radical (unpaired) electrons. The Hall–Kier alpha value is -1.39. The van der Waals surface area contributed by atoms with Crippen LogP contribution in [0, 0.1) is 0 Å². The lowest BCUT2D eigenvalue weighted by Gasteiger charge is -2.26. The minimum absolute atomic E-state index is 0. The average molecular weight is 546 g/mol. The van der Waals surface area contributed by atoms with Crippen LogP contribution in [0.2, 0.25) is 0 Å². The number of nitrogens with one attached hydrogen (secondary N) is 2. The molecule has 1 aromatic rings. The Kier molecular flexibility index (Phi) is 14.5. The topological polar surface area (TPSA) is 69.2 Å². The summed E-state index contributed by atoms with van der Waals surface area (Å²) in [6.07, 6.45) is 4.89. The Morgan fingerprint density at radius 3 is 2.42 bits per heavy atom. The van der Waals surface area contributed by atoms with Gasteiger partial charge in [0.15, 0.2) is 5.96 Å². The normalized spacial score (nSPS) is 14.6. The first kappa shape index (κ1) is 27.6. The smallest absolute Gasteiger partial charge is 0.241 e. The van der Waals surface area contributed by atoms with E-state index in [1.54, 1.807) is 19.0 Å². The number of nitrogens with zero attached hydrogens (tertiary/aromatic N) is 3. The van der Waals surface area contributed by atoms with Gasteiger partial charge in [-0.15, -0.1) is 24.0 Å². The lowest BCUT2D eigenvalue weighted by atomic mass is 10.1. The zero-order chi connectivity index (χ0) is 21.6. The number of rotatable bonds is 11. The third-order valence-corrected chi connectivity index (χ3v) is 5.17. The van der Waals surface area contributed by atoms with E-state index in [9.17, 15) is 4.79 Å². The molecule has 1 amide bonds. The first-order valence-electron chi connectivity index (χ1n) is 11.2. The Labute approximate surface area is 205 Å². The van der Waals surface area contributed by atoms with Gasteiger partial charge in [0.2, 0.25) is 5.91 Å². The fraction of sp³-hybridized carbons (Fsp3) is 0.652. The van der Waals surface area contributed by atoms with Crippen molar-refractivity contribution in [1.29, 1.82) is 0 Å². The number of carbonyl (C=O) groups is 1. The summed E-state index contributed by atoms with van der Waals surface area (Å²) in [5, 5.41) is 6.42. The fourth-order valence-corrected chi connectivity index (χ4v) is 3.31. The third-order valence-electron chi connectivity index (χ3n) is 5.17. The number of aliphatic imine (C=N–C) groups is 1. The second-order valence-corrected chi connectivity index (χ2v) is 7.94. The second-order valence-electron chi connectivity index (χ2n) is 7.94. The van der Waals surface area contributed by atoms with E-state index in [4.69, 9.17) is 4.74 Å². The summed E-state index contributed by atoms with van der Waals surface area (Å²) < 4.78 is 5.38. The number of guanidine groups is 1. The van der Waals surface area contributed by atoms with Crippen molar-refractivity contribution in [3.63, 3.8) is 0 Å². The average Bonchev–Trinajstić information content (AvgIpc) is 2.76. The number of halogens is 1. The van der Waals surface area contributed by atoms with Crippen molar-refractivity contribution in [2.45, 2.75) is 45.7 Å². The molecule has 0 unspecified atom stereocenters. The van der Waals surface area contributed by atoms with Gasteiger partial charge in [-0.2, -0.15) is 0 Å². The number of hydrogen-bond acceptors (Lipinski definition) is 4. The first-order chi connectivity index (χ1) is 14.6. The maximum atomic E-state index is 11.9. The number of ether oxygens (including phenoxy) is 1. The molecule has 0 aliphatic carbocycles. The van der Waals surface area contributed by atoms with E-state index in [2.05, 4.69) is 44.8 Å². The number of piperidine rings is 1. The molecule has 1 aromatic carbocycles. The molecular weight excluding hydrogens is 505 g/mol. The summed E-state index contributed by atoms with van der Waals surface area (Å²) in [6.45, 7) is 8.42. The molecule has 7 nitrogen and oxygen atoms in total. The molecule has 1 aliphatic rings. The molecule has 0 aromatic heterocycles. The van der Waals surface area contributed by atoms with Gasteiger partial charge in [0, 0.05) is 40.4 Å². The number of benzene rings is 1. The van der Waals surface area contributed by atoms with E-state index >= 15 is 0 Å². The zero-order valence-corrected chi connectivity index (χ0v) is 21.7. The summed E-state index contributed by atoms with van der Waals surface area (Å²) >= 11 is 0. The molecule has 2 rings (SSSR count). The summed E-state index contributed by atoms with van der Waals surface area (Å²) in [5.74, 6) is 0.667. The van der Waals surface area contributed by atoms with Crippen LogP contribution in [0.4, 0.5) is 0 Å². The van der Waals surface area contributed by atoms with Gasteiger partial charge in [-0.3, -0.25) is 9.69 Å². The van der Waals surface area contributed by atoms with Crippen molar-refractivity contribution < 1.29 is 9.53 Å². The predicted molar refractivity (Wildman–Crippen MR) is 138 cm³/mol. The van der Waals surface area contributed by atoms with Crippen LogP contribution in [0.1, 0.15) is 43.7 Å². The number of amides is 1.